The highest BCUT2D eigenvalue weighted by molar-refractivity contribution is 6.01. The maximum absolute atomic E-state index is 12.6. The summed E-state index contributed by atoms with van der Waals surface area (Å²) in [7, 11) is 1.58. The molecular formula is C19H25N3O3. The number of hydrogen-bond donors (Lipinski definition) is 2. The van der Waals surface area contributed by atoms with Crippen molar-refractivity contribution in [1.82, 2.24) is 10.2 Å². The number of benzene rings is 1. The third-order valence-corrected chi connectivity index (χ3v) is 5.36. The lowest BCUT2D eigenvalue weighted by Crippen LogP contribution is -2.35. The summed E-state index contributed by atoms with van der Waals surface area (Å²) >= 11 is 0. The van der Waals surface area contributed by atoms with Gasteiger partial charge in [-0.05, 0) is 37.5 Å². The molecule has 1 saturated carbocycles. The second-order valence-corrected chi connectivity index (χ2v) is 6.93. The Morgan fingerprint density at radius 3 is 2.60 bits per heavy atom. The Hall–Kier alpha value is -2.37. The molecule has 1 heterocycles. The van der Waals surface area contributed by atoms with Crippen LogP contribution in [0.15, 0.2) is 18.2 Å². The first-order valence-electron chi connectivity index (χ1n) is 8.93. The van der Waals surface area contributed by atoms with Gasteiger partial charge in [-0.25, -0.2) is 0 Å². The van der Waals surface area contributed by atoms with E-state index in [1.54, 1.807) is 25.2 Å². The first kappa shape index (κ1) is 17.5. The van der Waals surface area contributed by atoms with E-state index in [9.17, 15) is 14.4 Å². The van der Waals surface area contributed by atoms with Crippen LogP contribution in [-0.4, -0.2) is 42.3 Å². The lowest BCUT2D eigenvalue weighted by molar-refractivity contribution is -0.129. The van der Waals surface area contributed by atoms with Gasteiger partial charge < -0.3 is 15.5 Å². The second kappa shape index (κ2) is 7.25. The molecule has 0 radical (unpaired) electrons. The smallest absolute Gasteiger partial charge is 0.251 e. The first-order valence-corrected chi connectivity index (χ1v) is 8.93. The van der Waals surface area contributed by atoms with Crippen molar-refractivity contribution in [1.29, 1.82) is 0 Å². The van der Waals surface area contributed by atoms with E-state index in [2.05, 4.69) is 10.6 Å². The molecule has 0 aromatic heterocycles. The van der Waals surface area contributed by atoms with E-state index in [0.717, 1.165) is 31.2 Å². The van der Waals surface area contributed by atoms with Crippen LogP contribution >= 0.6 is 0 Å². The Bertz CT molecular complexity index is 695. The summed E-state index contributed by atoms with van der Waals surface area (Å²) in [6, 6.07) is 5.57. The molecule has 1 aliphatic heterocycles. The van der Waals surface area contributed by atoms with Crippen molar-refractivity contribution in [2.75, 3.05) is 18.9 Å². The van der Waals surface area contributed by atoms with Gasteiger partial charge in [-0.15, -0.1) is 0 Å². The van der Waals surface area contributed by atoms with E-state index in [0.29, 0.717) is 23.8 Å². The van der Waals surface area contributed by atoms with Crippen LogP contribution in [0.3, 0.4) is 0 Å². The van der Waals surface area contributed by atoms with Crippen molar-refractivity contribution in [2.24, 2.45) is 5.92 Å². The van der Waals surface area contributed by atoms with Gasteiger partial charge in [0.05, 0.1) is 5.92 Å². The fourth-order valence-electron chi connectivity index (χ4n) is 3.86. The molecule has 6 nitrogen and oxygen atoms in total. The third kappa shape index (κ3) is 3.52. The van der Waals surface area contributed by atoms with Gasteiger partial charge in [0.15, 0.2) is 0 Å². The molecule has 1 aromatic rings. The van der Waals surface area contributed by atoms with Crippen molar-refractivity contribution in [3.8, 4) is 0 Å². The maximum Gasteiger partial charge on any atom is 0.251 e. The number of carbonyl (C=O) groups excluding carboxylic acids is 3. The fourth-order valence-corrected chi connectivity index (χ4v) is 3.86. The number of nitrogens with zero attached hydrogens (tertiary/aromatic N) is 1. The van der Waals surface area contributed by atoms with Gasteiger partial charge in [-0.1, -0.05) is 18.9 Å². The summed E-state index contributed by atoms with van der Waals surface area (Å²) in [4.78, 5) is 38.7. The van der Waals surface area contributed by atoms with Gasteiger partial charge in [-0.2, -0.15) is 0 Å². The highest BCUT2D eigenvalue weighted by Crippen LogP contribution is 2.30. The lowest BCUT2D eigenvalue weighted by atomic mass is 10.0. The van der Waals surface area contributed by atoms with Crippen molar-refractivity contribution in [3.63, 3.8) is 0 Å². The number of nitrogens with one attached hydrogen (secondary N) is 2. The van der Waals surface area contributed by atoms with Crippen molar-refractivity contribution < 1.29 is 14.4 Å². The Balaban J connectivity index is 1.69. The Labute approximate surface area is 148 Å². The number of amides is 3. The predicted octanol–water partition coefficient (Wildman–Crippen LogP) is 2.08. The standard InChI is InChI=1S/C19H25N3O3/c1-12-15(19(25)20-2)8-5-9-16(12)21-18(24)13-10-17(23)22(11-13)14-6-3-4-7-14/h5,8-9,13-14H,3-4,6-7,10-11H2,1-2H3,(H,20,25)(H,21,24). The molecule has 1 atom stereocenters. The monoisotopic (exact) mass is 343 g/mol. The third-order valence-electron chi connectivity index (χ3n) is 5.36. The number of anilines is 1. The minimum atomic E-state index is -0.323. The summed E-state index contributed by atoms with van der Waals surface area (Å²) in [6.45, 7) is 2.31. The molecule has 1 saturated heterocycles. The zero-order chi connectivity index (χ0) is 18.0. The van der Waals surface area contributed by atoms with Crippen molar-refractivity contribution >= 4 is 23.4 Å². The minimum absolute atomic E-state index is 0.0860. The average molecular weight is 343 g/mol. The molecule has 2 aliphatic rings. The summed E-state index contributed by atoms with van der Waals surface area (Å²) in [5.74, 6) is -0.568. The second-order valence-electron chi connectivity index (χ2n) is 6.93. The van der Waals surface area contributed by atoms with Crippen LogP contribution in [-0.2, 0) is 9.59 Å². The lowest BCUT2D eigenvalue weighted by Gasteiger charge is -2.24. The Morgan fingerprint density at radius 1 is 1.20 bits per heavy atom. The Kier molecular flexibility index (Phi) is 5.06. The molecule has 1 unspecified atom stereocenters. The van der Waals surface area contributed by atoms with Crippen LogP contribution in [0.1, 0.15) is 48.0 Å². The van der Waals surface area contributed by atoms with Crippen LogP contribution < -0.4 is 10.6 Å². The van der Waals surface area contributed by atoms with Crippen molar-refractivity contribution in [3.05, 3.63) is 29.3 Å². The molecule has 3 rings (SSSR count). The summed E-state index contributed by atoms with van der Waals surface area (Å²) in [5.41, 5.74) is 1.89. The van der Waals surface area contributed by atoms with E-state index in [1.165, 1.54) is 0 Å². The van der Waals surface area contributed by atoms with Gasteiger partial charge in [0.25, 0.3) is 5.91 Å². The highest BCUT2D eigenvalue weighted by Gasteiger charge is 2.38. The van der Waals surface area contributed by atoms with Crippen LogP contribution in [0.2, 0.25) is 0 Å². The zero-order valence-corrected chi connectivity index (χ0v) is 14.8. The first-order chi connectivity index (χ1) is 12.0. The van der Waals surface area contributed by atoms with Crippen LogP contribution in [0, 0.1) is 12.8 Å². The quantitative estimate of drug-likeness (QED) is 0.878. The molecule has 2 fully saturated rings. The summed E-state index contributed by atoms with van der Waals surface area (Å²) in [5, 5.41) is 5.50. The number of likely N-dealkylation sites (tertiary alicyclic amines) is 1. The van der Waals surface area contributed by atoms with Crippen LogP contribution in [0.4, 0.5) is 5.69 Å². The number of rotatable bonds is 4. The van der Waals surface area contributed by atoms with E-state index in [4.69, 9.17) is 0 Å². The molecular weight excluding hydrogens is 318 g/mol. The van der Waals surface area contributed by atoms with Gasteiger partial charge in [0, 0.05) is 37.3 Å². The number of carbonyl (C=O) groups is 3. The normalized spacial score (nSPS) is 20.8. The molecule has 1 aromatic carbocycles. The zero-order valence-electron chi connectivity index (χ0n) is 14.8. The largest absolute Gasteiger partial charge is 0.355 e. The molecule has 134 valence electrons. The van der Waals surface area contributed by atoms with Gasteiger partial charge in [0.2, 0.25) is 11.8 Å². The molecule has 3 amide bonds. The summed E-state index contributed by atoms with van der Waals surface area (Å²) in [6.07, 6.45) is 4.70. The van der Waals surface area contributed by atoms with Crippen LogP contribution in [0.5, 0.6) is 0 Å². The topological polar surface area (TPSA) is 78.5 Å². The van der Waals surface area contributed by atoms with E-state index < -0.39 is 0 Å². The van der Waals surface area contributed by atoms with E-state index >= 15 is 0 Å². The number of hydrogen-bond acceptors (Lipinski definition) is 3. The molecule has 6 heteroatoms. The highest BCUT2D eigenvalue weighted by atomic mass is 16.2. The van der Waals surface area contributed by atoms with Crippen LogP contribution in [0.25, 0.3) is 0 Å². The van der Waals surface area contributed by atoms with Gasteiger partial charge in [-0.3, -0.25) is 14.4 Å². The molecule has 25 heavy (non-hydrogen) atoms. The molecule has 2 N–H and O–H groups in total. The molecule has 0 bridgehead atoms. The minimum Gasteiger partial charge on any atom is -0.355 e. The van der Waals surface area contributed by atoms with Gasteiger partial charge >= 0.3 is 0 Å². The molecule has 1 aliphatic carbocycles. The average Bonchev–Trinajstić information content (AvgIpc) is 3.25. The summed E-state index contributed by atoms with van der Waals surface area (Å²) < 4.78 is 0. The Morgan fingerprint density at radius 2 is 1.92 bits per heavy atom. The maximum atomic E-state index is 12.6. The van der Waals surface area contributed by atoms with E-state index in [-0.39, 0.29) is 30.1 Å². The SMILES string of the molecule is CNC(=O)c1cccc(NC(=O)C2CC(=O)N(C3CCCC3)C2)c1C. The molecule has 0 spiro atoms. The predicted molar refractivity (Wildman–Crippen MR) is 95.3 cm³/mol. The fraction of sp³-hybridized carbons (Fsp3) is 0.526. The van der Waals surface area contributed by atoms with Crippen molar-refractivity contribution in [2.45, 2.75) is 45.1 Å². The van der Waals surface area contributed by atoms with Gasteiger partial charge in [0.1, 0.15) is 0 Å². The van der Waals surface area contributed by atoms with E-state index in [1.807, 2.05) is 11.8 Å².